The minimum absolute atomic E-state index is 0.0233. The van der Waals surface area contributed by atoms with Crippen LogP contribution in [0.15, 0.2) is 0 Å². The number of esters is 1. The highest BCUT2D eigenvalue weighted by atomic mass is 19.4. The Balaban J connectivity index is 2.44. The van der Waals surface area contributed by atoms with Gasteiger partial charge in [-0.3, -0.25) is 4.79 Å². The molecule has 2 N–H and O–H groups in total. The first kappa shape index (κ1) is 18.2. The number of hydrogen-bond donors (Lipinski definition) is 1. The normalized spacial score (nSPS) is 26.3. The van der Waals surface area contributed by atoms with E-state index in [1.165, 1.54) is 0 Å². The number of halogens is 3. The van der Waals surface area contributed by atoms with Crippen LogP contribution in [-0.2, 0) is 9.53 Å². The first-order valence-electron chi connectivity index (χ1n) is 7.40. The Hall–Kier alpha value is -0.820. The minimum Gasteiger partial charge on any atom is -0.465 e. The molecule has 21 heavy (non-hydrogen) atoms. The monoisotopic (exact) mass is 310 g/mol. The largest absolute Gasteiger partial charge is 0.465 e. The lowest BCUT2D eigenvalue weighted by atomic mass is 9.85. The van der Waals surface area contributed by atoms with Crippen LogP contribution in [0, 0.1) is 5.92 Å². The summed E-state index contributed by atoms with van der Waals surface area (Å²) in [6, 6.07) is 0. The van der Waals surface area contributed by atoms with Crippen LogP contribution in [-0.4, -0.2) is 49.3 Å². The van der Waals surface area contributed by atoms with Gasteiger partial charge in [0.1, 0.15) is 5.54 Å². The molecule has 0 spiro atoms. The standard InChI is InChI=1S/C14H25F3N2O2/c1-3-21-12(20)13(18)7-4-5-11(13)6-9-19(2)10-8-14(15,16)17/h11H,3-10,18H2,1-2H3. The minimum atomic E-state index is -4.13. The van der Waals surface area contributed by atoms with Crippen LogP contribution in [0.3, 0.4) is 0 Å². The summed E-state index contributed by atoms with van der Waals surface area (Å²) in [5.74, 6) is -0.407. The van der Waals surface area contributed by atoms with E-state index >= 15 is 0 Å². The van der Waals surface area contributed by atoms with Crippen LogP contribution in [0.4, 0.5) is 13.2 Å². The lowest BCUT2D eigenvalue weighted by Gasteiger charge is -2.30. The van der Waals surface area contributed by atoms with Gasteiger partial charge in [0.2, 0.25) is 0 Å². The van der Waals surface area contributed by atoms with Crippen molar-refractivity contribution in [1.29, 1.82) is 0 Å². The lowest BCUT2D eigenvalue weighted by molar-refractivity contribution is -0.151. The summed E-state index contributed by atoms with van der Waals surface area (Å²) < 4.78 is 41.5. The molecule has 0 saturated heterocycles. The number of carbonyl (C=O) groups is 1. The fraction of sp³-hybridized carbons (Fsp3) is 0.929. The molecule has 0 heterocycles. The average Bonchev–Trinajstić information content (AvgIpc) is 2.76. The van der Waals surface area contributed by atoms with Crippen LogP contribution in [0.1, 0.15) is 39.0 Å². The fourth-order valence-electron chi connectivity index (χ4n) is 2.84. The molecule has 0 aromatic rings. The highest BCUT2D eigenvalue weighted by molar-refractivity contribution is 5.81. The van der Waals surface area contributed by atoms with Gasteiger partial charge in [0.25, 0.3) is 0 Å². The van der Waals surface area contributed by atoms with Crippen molar-refractivity contribution in [3.05, 3.63) is 0 Å². The van der Waals surface area contributed by atoms with E-state index in [9.17, 15) is 18.0 Å². The maximum absolute atomic E-state index is 12.2. The molecule has 0 amide bonds. The van der Waals surface area contributed by atoms with E-state index < -0.39 is 18.1 Å². The van der Waals surface area contributed by atoms with Crippen molar-refractivity contribution in [1.82, 2.24) is 4.90 Å². The molecule has 124 valence electrons. The van der Waals surface area contributed by atoms with Crippen LogP contribution in [0.2, 0.25) is 0 Å². The molecule has 2 atom stereocenters. The van der Waals surface area contributed by atoms with Gasteiger partial charge in [0, 0.05) is 6.54 Å². The number of hydrogen-bond acceptors (Lipinski definition) is 4. The summed E-state index contributed by atoms with van der Waals surface area (Å²) in [6.45, 7) is 2.48. The van der Waals surface area contributed by atoms with Crippen molar-refractivity contribution >= 4 is 5.97 Å². The molecule has 1 aliphatic rings. The fourth-order valence-corrected chi connectivity index (χ4v) is 2.84. The Labute approximate surface area is 123 Å². The van der Waals surface area contributed by atoms with Gasteiger partial charge in [0.05, 0.1) is 13.0 Å². The van der Waals surface area contributed by atoms with Crippen LogP contribution in [0.25, 0.3) is 0 Å². The van der Waals surface area contributed by atoms with E-state index in [0.29, 0.717) is 19.4 Å². The summed E-state index contributed by atoms with van der Waals surface area (Å²) >= 11 is 0. The average molecular weight is 310 g/mol. The van der Waals surface area contributed by atoms with Crippen molar-refractivity contribution in [2.24, 2.45) is 11.7 Å². The Morgan fingerprint density at radius 3 is 2.67 bits per heavy atom. The molecule has 7 heteroatoms. The molecule has 2 unspecified atom stereocenters. The number of alkyl halides is 3. The third kappa shape index (κ3) is 5.47. The second kappa shape index (κ2) is 7.45. The van der Waals surface area contributed by atoms with Gasteiger partial charge in [-0.2, -0.15) is 13.2 Å². The quantitative estimate of drug-likeness (QED) is 0.733. The maximum Gasteiger partial charge on any atom is 0.390 e. The van der Waals surface area contributed by atoms with Crippen molar-refractivity contribution in [2.75, 3.05) is 26.7 Å². The molecule has 0 bridgehead atoms. The number of nitrogens with two attached hydrogens (primary N) is 1. The van der Waals surface area contributed by atoms with Gasteiger partial charge in [-0.15, -0.1) is 0 Å². The number of carbonyl (C=O) groups excluding carboxylic acids is 1. The van der Waals surface area contributed by atoms with Crippen LogP contribution in [0.5, 0.6) is 0 Å². The Morgan fingerprint density at radius 2 is 2.10 bits per heavy atom. The first-order chi connectivity index (χ1) is 9.69. The van der Waals surface area contributed by atoms with Crippen molar-refractivity contribution in [3.63, 3.8) is 0 Å². The third-order valence-corrected chi connectivity index (χ3v) is 4.16. The first-order valence-corrected chi connectivity index (χ1v) is 7.40. The van der Waals surface area contributed by atoms with Gasteiger partial charge in [-0.05, 0) is 45.7 Å². The summed E-state index contributed by atoms with van der Waals surface area (Å²) in [7, 11) is 1.66. The van der Waals surface area contributed by atoms with E-state index in [1.807, 2.05) is 0 Å². The van der Waals surface area contributed by atoms with Gasteiger partial charge in [-0.1, -0.05) is 6.42 Å². The molecule has 0 aromatic carbocycles. The highest BCUT2D eigenvalue weighted by Crippen LogP contribution is 2.37. The van der Waals surface area contributed by atoms with Crippen molar-refractivity contribution in [2.45, 2.75) is 50.7 Å². The van der Waals surface area contributed by atoms with E-state index in [0.717, 1.165) is 12.8 Å². The zero-order valence-corrected chi connectivity index (χ0v) is 12.7. The van der Waals surface area contributed by atoms with E-state index in [1.54, 1.807) is 18.9 Å². The van der Waals surface area contributed by atoms with Crippen LogP contribution < -0.4 is 5.73 Å². The molecule has 0 radical (unpaired) electrons. The van der Waals surface area contributed by atoms with Gasteiger partial charge >= 0.3 is 12.1 Å². The Morgan fingerprint density at radius 1 is 1.43 bits per heavy atom. The van der Waals surface area contributed by atoms with Gasteiger partial charge in [0.15, 0.2) is 0 Å². The van der Waals surface area contributed by atoms with E-state index in [-0.39, 0.29) is 25.0 Å². The highest BCUT2D eigenvalue weighted by Gasteiger charge is 2.46. The van der Waals surface area contributed by atoms with Crippen LogP contribution >= 0.6 is 0 Å². The van der Waals surface area contributed by atoms with Crippen molar-refractivity contribution < 1.29 is 22.7 Å². The summed E-state index contributed by atoms with van der Waals surface area (Å²) in [5, 5.41) is 0. The third-order valence-electron chi connectivity index (χ3n) is 4.16. The van der Waals surface area contributed by atoms with E-state index in [4.69, 9.17) is 10.5 Å². The second-order valence-corrected chi connectivity index (χ2v) is 5.81. The number of rotatable bonds is 7. The molecule has 0 aliphatic heterocycles. The van der Waals surface area contributed by atoms with Crippen molar-refractivity contribution in [3.8, 4) is 0 Å². The molecule has 1 saturated carbocycles. The topological polar surface area (TPSA) is 55.6 Å². The number of ether oxygens (including phenoxy) is 1. The predicted octanol–water partition coefficient (Wildman–Crippen LogP) is 2.32. The number of nitrogens with zero attached hydrogens (tertiary/aromatic N) is 1. The molecule has 1 rings (SSSR count). The van der Waals surface area contributed by atoms with Gasteiger partial charge < -0.3 is 15.4 Å². The molecular weight excluding hydrogens is 285 g/mol. The SMILES string of the molecule is CCOC(=O)C1(N)CCCC1CCN(C)CCC(F)(F)F. The van der Waals surface area contributed by atoms with Gasteiger partial charge in [-0.25, -0.2) is 0 Å². The predicted molar refractivity (Wildman–Crippen MR) is 73.7 cm³/mol. The Bertz CT molecular complexity index is 350. The summed E-state index contributed by atoms with van der Waals surface area (Å²) in [4.78, 5) is 13.6. The molecule has 4 nitrogen and oxygen atoms in total. The molecule has 1 aliphatic carbocycles. The Kier molecular flexibility index (Phi) is 6.46. The zero-order valence-electron chi connectivity index (χ0n) is 12.7. The summed E-state index contributed by atoms with van der Waals surface area (Å²) in [5.41, 5.74) is 5.22. The molecule has 1 fully saturated rings. The van der Waals surface area contributed by atoms with E-state index in [2.05, 4.69) is 0 Å². The smallest absolute Gasteiger partial charge is 0.390 e. The maximum atomic E-state index is 12.2. The molecule has 0 aromatic heterocycles. The lowest BCUT2D eigenvalue weighted by Crippen LogP contribution is -2.52. The zero-order chi connectivity index (χ0) is 16.1. The summed E-state index contributed by atoms with van der Waals surface area (Å²) in [6.07, 6.45) is -2.08. The molecular formula is C14H25F3N2O2. The second-order valence-electron chi connectivity index (χ2n) is 5.81.